The molecule has 1 heterocycles. The molecule has 2 aromatic carbocycles. The molecule has 2 aromatic rings. The smallest absolute Gasteiger partial charge is 0.232 e. The Balaban J connectivity index is 1.87. The van der Waals surface area contributed by atoms with Crippen LogP contribution in [0.15, 0.2) is 42.5 Å². The van der Waals surface area contributed by atoms with Crippen LogP contribution in [0.4, 0.5) is 11.4 Å². The van der Waals surface area contributed by atoms with Crippen LogP contribution in [0.2, 0.25) is 0 Å². The molecule has 21 heavy (non-hydrogen) atoms. The lowest BCUT2D eigenvalue weighted by Crippen LogP contribution is -2.27. The Morgan fingerprint density at radius 3 is 2.86 bits per heavy atom. The van der Waals surface area contributed by atoms with Crippen LogP contribution in [-0.2, 0) is 4.79 Å². The predicted octanol–water partition coefficient (Wildman–Crippen LogP) is 3.08. The molecule has 1 unspecified atom stereocenters. The zero-order chi connectivity index (χ0) is 14.8. The van der Waals surface area contributed by atoms with Crippen LogP contribution in [0, 0.1) is 6.92 Å². The molecule has 1 atom stereocenters. The molecule has 0 bridgehead atoms. The highest BCUT2D eigenvalue weighted by Crippen LogP contribution is 2.34. The molecule has 0 fully saturated rings. The van der Waals surface area contributed by atoms with Crippen LogP contribution in [0.5, 0.6) is 5.75 Å². The lowest BCUT2D eigenvalue weighted by atomic mass is 9.92. The molecule has 0 saturated heterocycles. The standard InChI is InChI=1S/C17H18N2O2/c1-11-5-4-7-14(18)16(11)19-17(20)13-9-10-21-15-8-3-2-6-12(13)15/h2-8,13H,9-10,18H2,1H3,(H,19,20). The Morgan fingerprint density at radius 2 is 2.05 bits per heavy atom. The third-order valence-corrected chi connectivity index (χ3v) is 3.83. The van der Waals surface area contributed by atoms with E-state index < -0.39 is 0 Å². The number of carbonyl (C=O) groups is 1. The largest absolute Gasteiger partial charge is 0.493 e. The monoisotopic (exact) mass is 282 g/mol. The van der Waals surface area contributed by atoms with E-state index in [9.17, 15) is 4.79 Å². The first-order valence-corrected chi connectivity index (χ1v) is 7.04. The predicted molar refractivity (Wildman–Crippen MR) is 83.5 cm³/mol. The van der Waals surface area contributed by atoms with Gasteiger partial charge in [0.1, 0.15) is 5.75 Å². The van der Waals surface area contributed by atoms with Gasteiger partial charge in [-0.2, -0.15) is 0 Å². The molecule has 108 valence electrons. The number of para-hydroxylation sites is 2. The molecule has 0 spiro atoms. The molecule has 0 saturated carbocycles. The maximum Gasteiger partial charge on any atom is 0.232 e. The molecule has 3 rings (SSSR count). The first-order chi connectivity index (χ1) is 10.2. The van der Waals surface area contributed by atoms with E-state index in [-0.39, 0.29) is 11.8 Å². The fourth-order valence-corrected chi connectivity index (χ4v) is 2.69. The number of amides is 1. The van der Waals surface area contributed by atoms with Gasteiger partial charge in [-0.15, -0.1) is 0 Å². The van der Waals surface area contributed by atoms with Gasteiger partial charge in [0.2, 0.25) is 5.91 Å². The van der Waals surface area contributed by atoms with E-state index in [4.69, 9.17) is 10.5 Å². The summed E-state index contributed by atoms with van der Waals surface area (Å²) in [6.07, 6.45) is 0.675. The van der Waals surface area contributed by atoms with Crippen molar-refractivity contribution in [3.8, 4) is 5.75 Å². The Labute approximate surface area is 123 Å². The quantitative estimate of drug-likeness (QED) is 0.832. The van der Waals surface area contributed by atoms with Gasteiger partial charge in [-0.25, -0.2) is 0 Å². The maximum atomic E-state index is 12.6. The number of hydrogen-bond acceptors (Lipinski definition) is 3. The lowest BCUT2D eigenvalue weighted by Gasteiger charge is -2.25. The Kier molecular flexibility index (Phi) is 3.52. The van der Waals surface area contributed by atoms with Gasteiger partial charge in [0.05, 0.1) is 23.9 Å². The summed E-state index contributed by atoms with van der Waals surface area (Å²) < 4.78 is 5.60. The number of nitrogen functional groups attached to an aromatic ring is 1. The number of anilines is 2. The molecule has 0 aliphatic carbocycles. The van der Waals surface area contributed by atoms with Crippen molar-refractivity contribution >= 4 is 17.3 Å². The maximum absolute atomic E-state index is 12.6. The van der Waals surface area contributed by atoms with E-state index in [2.05, 4.69) is 5.32 Å². The fourth-order valence-electron chi connectivity index (χ4n) is 2.69. The number of benzene rings is 2. The summed E-state index contributed by atoms with van der Waals surface area (Å²) in [5.74, 6) is 0.558. The SMILES string of the molecule is Cc1cccc(N)c1NC(=O)C1CCOc2ccccc21. The van der Waals surface area contributed by atoms with E-state index >= 15 is 0 Å². The van der Waals surface area contributed by atoms with E-state index in [1.54, 1.807) is 6.07 Å². The van der Waals surface area contributed by atoms with Crippen LogP contribution in [-0.4, -0.2) is 12.5 Å². The number of ether oxygens (including phenoxy) is 1. The Morgan fingerprint density at radius 1 is 1.24 bits per heavy atom. The highest BCUT2D eigenvalue weighted by molar-refractivity contribution is 5.99. The average Bonchev–Trinajstić information content (AvgIpc) is 2.50. The molecule has 4 nitrogen and oxygen atoms in total. The van der Waals surface area contributed by atoms with Gasteiger partial charge in [0.25, 0.3) is 0 Å². The molecule has 1 amide bonds. The summed E-state index contributed by atoms with van der Waals surface area (Å²) in [6, 6.07) is 13.3. The first kappa shape index (κ1) is 13.5. The molecular weight excluding hydrogens is 264 g/mol. The second kappa shape index (κ2) is 5.48. The van der Waals surface area contributed by atoms with Gasteiger partial charge in [-0.3, -0.25) is 4.79 Å². The Hall–Kier alpha value is -2.49. The second-order valence-corrected chi connectivity index (χ2v) is 5.26. The number of hydrogen-bond donors (Lipinski definition) is 2. The zero-order valence-electron chi connectivity index (χ0n) is 11.9. The lowest BCUT2D eigenvalue weighted by molar-refractivity contribution is -0.118. The highest BCUT2D eigenvalue weighted by Gasteiger charge is 2.27. The van der Waals surface area contributed by atoms with Crippen molar-refractivity contribution in [1.29, 1.82) is 0 Å². The van der Waals surface area contributed by atoms with Gasteiger partial charge in [0, 0.05) is 5.56 Å². The third-order valence-electron chi connectivity index (χ3n) is 3.83. The van der Waals surface area contributed by atoms with Crippen LogP contribution in [0.25, 0.3) is 0 Å². The molecule has 4 heteroatoms. The summed E-state index contributed by atoms with van der Waals surface area (Å²) in [4.78, 5) is 12.6. The molecule has 3 N–H and O–H groups in total. The number of aryl methyl sites for hydroxylation is 1. The summed E-state index contributed by atoms with van der Waals surface area (Å²) in [5.41, 5.74) is 9.14. The van der Waals surface area contributed by atoms with Crippen molar-refractivity contribution in [2.45, 2.75) is 19.3 Å². The molecule has 1 aliphatic heterocycles. The minimum Gasteiger partial charge on any atom is -0.493 e. The average molecular weight is 282 g/mol. The normalized spacial score (nSPS) is 16.7. The number of carbonyl (C=O) groups excluding carboxylic acids is 1. The van der Waals surface area contributed by atoms with E-state index in [1.807, 2.05) is 43.3 Å². The van der Waals surface area contributed by atoms with Gasteiger partial charge in [-0.1, -0.05) is 30.3 Å². The van der Waals surface area contributed by atoms with Crippen LogP contribution in [0.1, 0.15) is 23.5 Å². The summed E-state index contributed by atoms with van der Waals surface area (Å²) in [5, 5.41) is 2.97. The Bertz CT molecular complexity index is 662. The van der Waals surface area contributed by atoms with Crippen molar-refractivity contribution in [1.82, 2.24) is 0 Å². The number of nitrogens with two attached hydrogens (primary N) is 1. The van der Waals surface area contributed by atoms with Crippen molar-refractivity contribution in [3.05, 3.63) is 53.6 Å². The molecular formula is C17H18N2O2. The third kappa shape index (κ3) is 2.57. The summed E-state index contributed by atoms with van der Waals surface area (Å²) in [6.45, 7) is 2.49. The topological polar surface area (TPSA) is 64.3 Å². The number of nitrogens with one attached hydrogen (secondary N) is 1. The minimum absolute atomic E-state index is 0.0354. The summed E-state index contributed by atoms with van der Waals surface area (Å²) >= 11 is 0. The zero-order valence-corrected chi connectivity index (χ0v) is 11.9. The van der Waals surface area contributed by atoms with Gasteiger partial charge in [-0.05, 0) is 31.0 Å². The molecule has 1 aliphatic rings. The van der Waals surface area contributed by atoms with Crippen molar-refractivity contribution < 1.29 is 9.53 Å². The first-order valence-electron chi connectivity index (χ1n) is 7.04. The van der Waals surface area contributed by atoms with Crippen LogP contribution < -0.4 is 15.8 Å². The number of rotatable bonds is 2. The second-order valence-electron chi connectivity index (χ2n) is 5.26. The van der Waals surface area contributed by atoms with E-state index in [0.29, 0.717) is 24.4 Å². The van der Waals surface area contributed by atoms with Gasteiger partial charge >= 0.3 is 0 Å². The van der Waals surface area contributed by atoms with Crippen molar-refractivity contribution in [3.63, 3.8) is 0 Å². The van der Waals surface area contributed by atoms with Gasteiger partial charge < -0.3 is 15.8 Å². The minimum atomic E-state index is -0.200. The van der Waals surface area contributed by atoms with Gasteiger partial charge in [0.15, 0.2) is 0 Å². The van der Waals surface area contributed by atoms with Crippen LogP contribution >= 0.6 is 0 Å². The van der Waals surface area contributed by atoms with Crippen molar-refractivity contribution in [2.24, 2.45) is 0 Å². The fraction of sp³-hybridized carbons (Fsp3) is 0.235. The van der Waals surface area contributed by atoms with Crippen LogP contribution in [0.3, 0.4) is 0 Å². The molecule has 0 aromatic heterocycles. The molecule has 0 radical (unpaired) electrons. The van der Waals surface area contributed by atoms with E-state index in [1.165, 1.54) is 0 Å². The number of fused-ring (bicyclic) bond motifs is 1. The summed E-state index contributed by atoms with van der Waals surface area (Å²) in [7, 11) is 0. The highest BCUT2D eigenvalue weighted by atomic mass is 16.5. The van der Waals surface area contributed by atoms with E-state index in [0.717, 1.165) is 16.9 Å². The van der Waals surface area contributed by atoms with Crippen molar-refractivity contribution in [2.75, 3.05) is 17.7 Å².